The van der Waals surface area contributed by atoms with Gasteiger partial charge in [0.15, 0.2) is 0 Å². The number of likely N-dealkylation sites (N-methyl/N-ethyl adjacent to an activating group) is 1. The Morgan fingerprint density at radius 3 is 3.00 bits per heavy atom. The molecule has 94 valence electrons. The number of hydrogen-bond donors (Lipinski definition) is 2. The molecule has 0 amide bonds. The lowest BCUT2D eigenvalue weighted by molar-refractivity contribution is 0.194. The average Bonchev–Trinajstić information content (AvgIpc) is 2.35. The van der Waals surface area contributed by atoms with Gasteiger partial charge in [0.25, 0.3) is 0 Å². The van der Waals surface area contributed by atoms with Crippen molar-refractivity contribution in [3.63, 3.8) is 0 Å². The topological polar surface area (TPSA) is 35.5 Å². The fourth-order valence-corrected chi connectivity index (χ4v) is 2.52. The van der Waals surface area contributed by atoms with Crippen LogP contribution in [0.3, 0.4) is 0 Å². The molecule has 0 radical (unpaired) electrons. The highest BCUT2D eigenvalue weighted by molar-refractivity contribution is 6.31. The van der Waals surface area contributed by atoms with Gasteiger partial charge in [-0.15, -0.1) is 0 Å². The Morgan fingerprint density at radius 1 is 1.53 bits per heavy atom. The summed E-state index contributed by atoms with van der Waals surface area (Å²) in [5, 5.41) is 13.8. The van der Waals surface area contributed by atoms with Crippen LogP contribution in [0.4, 0.5) is 0 Å². The highest BCUT2D eigenvalue weighted by atomic mass is 35.5. The molecule has 17 heavy (non-hydrogen) atoms. The van der Waals surface area contributed by atoms with Crippen LogP contribution in [-0.2, 0) is 6.54 Å². The van der Waals surface area contributed by atoms with E-state index in [4.69, 9.17) is 11.6 Å². The molecule has 1 unspecified atom stereocenters. The molecule has 0 spiro atoms. The lowest BCUT2D eigenvalue weighted by Gasteiger charge is -2.32. The summed E-state index contributed by atoms with van der Waals surface area (Å²) in [6, 6.07) is 5.81. The molecule has 1 aliphatic rings. The number of nitrogens with zero attached hydrogens (tertiary/aromatic N) is 1. The van der Waals surface area contributed by atoms with Gasteiger partial charge in [-0.1, -0.05) is 17.7 Å². The van der Waals surface area contributed by atoms with Crippen LogP contribution in [0.25, 0.3) is 0 Å². The Morgan fingerprint density at radius 2 is 2.35 bits per heavy atom. The predicted molar refractivity (Wildman–Crippen MR) is 70.5 cm³/mol. The molecule has 2 N–H and O–H groups in total. The number of nitrogens with one attached hydrogen (secondary N) is 1. The van der Waals surface area contributed by atoms with Gasteiger partial charge in [-0.25, -0.2) is 0 Å². The fraction of sp³-hybridized carbons (Fsp3) is 0.538. The van der Waals surface area contributed by atoms with Crippen molar-refractivity contribution in [1.29, 1.82) is 0 Å². The largest absolute Gasteiger partial charge is 0.508 e. The highest BCUT2D eigenvalue weighted by Gasteiger charge is 2.19. The van der Waals surface area contributed by atoms with E-state index >= 15 is 0 Å². The first-order valence-corrected chi connectivity index (χ1v) is 6.43. The van der Waals surface area contributed by atoms with Gasteiger partial charge < -0.3 is 10.4 Å². The van der Waals surface area contributed by atoms with Gasteiger partial charge in [-0.2, -0.15) is 0 Å². The molecule has 0 bridgehead atoms. The molecule has 0 aromatic heterocycles. The fourth-order valence-electron chi connectivity index (χ4n) is 2.29. The molecule has 1 fully saturated rings. The van der Waals surface area contributed by atoms with Crippen LogP contribution in [0.2, 0.25) is 5.02 Å². The van der Waals surface area contributed by atoms with Crippen LogP contribution in [-0.4, -0.2) is 36.2 Å². The number of phenolic OH excluding ortho intramolecular Hbond substituents is 1. The van der Waals surface area contributed by atoms with Crippen molar-refractivity contribution in [2.45, 2.75) is 25.4 Å². The van der Waals surface area contributed by atoms with Gasteiger partial charge in [-0.3, -0.25) is 4.90 Å². The van der Waals surface area contributed by atoms with Crippen LogP contribution >= 0.6 is 11.6 Å². The van der Waals surface area contributed by atoms with Crippen LogP contribution in [0.15, 0.2) is 18.2 Å². The zero-order chi connectivity index (χ0) is 12.3. The zero-order valence-corrected chi connectivity index (χ0v) is 10.9. The van der Waals surface area contributed by atoms with Gasteiger partial charge in [-0.05, 0) is 38.6 Å². The number of benzene rings is 1. The minimum atomic E-state index is 0.285. The molecule has 1 saturated heterocycles. The number of aromatic hydroxyl groups is 1. The maximum absolute atomic E-state index is 9.81. The molecule has 1 aromatic rings. The van der Waals surface area contributed by atoms with Crippen LogP contribution in [0.5, 0.6) is 5.75 Å². The summed E-state index contributed by atoms with van der Waals surface area (Å²) in [5.41, 5.74) is 0.822. The Kier molecular flexibility index (Phi) is 4.26. The minimum Gasteiger partial charge on any atom is -0.508 e. The van der Waals surface area contributed by atoms with Crippen molar-refractivity contribution in [3.05, 3.63) is 28.8 Å². The quantitative estimate of drug-likeness (QED) is 0.868. The molecule has 4 heteroatoms. The molecule has 3 nitrogen and oxygen atoms in total. The third-order valence-electron chi connectivity index (χ3n) is 3.40. The minimum absolute atomic E-state index is 0.285. The van der Waals surface area contributed by atoms with Gasteiger partial charge in [0.05, 0.1) is 0 Å². The third kappa shape index (κ3) is 3.12. The van der Waals surface area contributed by atoms with Crippen molar-refractivity contribution >= 4 is 11.6 Å². The Bertz CT molecular complexity index is 357. The summed E-state index contributed by atoms with van der Waals surface area (Å²) in [7, 11) is 2.08. The molecule has 0 saturated carbocycles. The maximum Gasteiger partial charge on any atom is 0.121 e. The van der Waals surface area contributed by atoms with Crippen molar-refractivity contribution in [2.24, 2.45) is 0 Å². The van der Waals surface area contributed by atoms with Crippen LogP contribution < -0.4 is 5.32 Å². The average molecular weight is 255 g/mol. The first kappa shape index (κ1) is 12.7. The summed E-state index contributed by atoms with van der Waals surface area (Å²) in [6.45, 7) is 2.82. The van der Waals surface area contributed by atoms with Crippen LogP contribution in [0.1, 0.15) is 18.4 Å². The monoisotopic (exact) mass is 254 g/mol. The van der Waals surface area contributed by atoms with Gasteiger partial charge >= 0.3 is 0 Å². The number of phenols is 1. The summed E-state index contributed by atoms with van der Waals surface area (Å²) >= 11 is 6.11. The molecular weight excluding hydrogens is 236 g/mol. The van der Waals surface area contributed by atoms with E-state index in [2.05, 4.69) is 17.3 Å². The van der Waals surface area contributed by atoms with Crippen molar-refractivity contribution in [2.75, 3.05) is 20.1 Å². The zero-order valence-electron chi connectivity index (χ0n) is 10.1. The number of halogens is 1. The summed E-state index contributed by atoms with van der Waals surface area (Å²) in [4.78, 5) is 2.26. The Balaban J connectivity index is 2.04. The van der Waals surface area contributed by atoms with E-state index in [1.807, 2.05) is 6.07 Å². The molecule has 1 atom stereocenters. The Hall–Kier alpha value is -0.770. The lowest BCUT2D eigenvalue weighted by atomic mass is 10.1. The van der Waals surface area contributed by atoms with E-state index in [9.17, 15) is 5.11 Å². The predicted octanol–water partition coefficient (Wildman–Crippen LogP) is 2.23. The smallest absolute Gasteiger partial charge is 0.121 e. The van der Waals surface area contributed by atoms with Gasteiger partial charge in [0, 0.05) is 29.7 Å². The second-order valence-corrected chi connectivity index (χ2v) is 5.06. The van der Waals surface area contributed by atoms with E-state index in [0.29, 0.717) is 17.6 Å². The molecule has 0 aliphatic carbocycles. The first-order chi connectivity index (χ1) is 8.18. The summed E-state index contributed by atoms with van der Waals surface area (Å²) < 4.78 is 0. The molecule has 1 aliphatic heterocycles. The van der Waals surface area contributed by atoms with E-state index in [1.165, 1.54) is 12.8 Å². The summed E-state index contributed by atoms with van der Waals surface area (Å²) in [5.74, 6) is 0.285. The van der Waals surface area contributed by atoms with Crippen LogP contribution in [0, 0.1) is 0 Å². The number of piperidine rings is 1. The van der Waals surface area contributed by atoms with E-state index in [-0.39, 0.29) is 5.75 Å². The van der Waals surface area contributed by atoms with Crippen molar-refractivity contribution in [1.82, 2.24) is 10.2 Å². The Labute approximate surface area is 107 Å². The third-order valence-corrected chi connectivity index (χ3v) is 3.75. The van der Waals surface area contributed by atoms with Crippen molar-refractivity contribution in [3.8, 4) is 5.75 Å². The normalized spacial score (nSPS) is 20.8. The van der Waals surface area contributed by atoms with E-state index in [1.54, 1.807) is 12.1 Å². The second-order valence-electron chi connectivity index (χ2n) is 4.65. The number of hydrogen-bond acceptors (Lipinski definition) is 3. The van der Waals surface area contributed by atoms with Gasteiger partial charge in [0.1, 0.15) is 5.75 Å². The molecule has 2 rings (SSSR count). The second kappa shape index (κ2) is 5.71. The molecule has 1 aromatic carbocycles. The standard InChI is InChI=1S/C13H19ClN2O/c1-16(10-4-3-7-15-8-10)9-11-12(14)5-2-6-13(11)17/h2,5-6,10,15,17H,3-4,7-9H2,1H3. The molecular formula is C13H19ClN2O. The lowest BCUT2D eigenvalue weighted by Crippen LogP contribution is -2.43. The van der Waals surface area contributed by atoms with Crippen molar-refractivity contribution < 1.29 is 5.11 Å². The highest BCUT2D eigenvalue weighted by Crippen LogP contribution is 2.27. The van der Waals surface area contributed by atoms with E-state index < -0.39 is 0 Å². The van der Waals surface area contributed by atoms with E-state index in [0.717, 1.165) is 18.7 Å². The molecule has 1 heterocycles. The van der Waals surface area contributed by atoms with Gasteiger partial charge in [0.2, 0.25) is 0 Å². The number of rotatable bonds is 3. The SMILES string of the molecule is CN(Cc1c(O)cccc1Cl)C1CCCNC1. The summed E-state index contributed by atoms with van der Waals surface area (Å²) in [6.07, 6.45) is 2.41. The maximum atomic E-state index is 9.81. The first-order valence-electron chi connectivity index (χ1n) is 6.06.